The Balaban J connectivity index is 1.29. The Hall–Kier alpha value is -3.82. The molecule has 2 fully saturated rings. The van der Waals surface area contributed by atoms with E-state index in [9.17, 15) is 0 Å². The first-order valence-electron chi connectivity index (χ1n) is 11.6. The van der Waals surface area contributed by atoms with Crippen LogP contribution in [0.2, 0.25) is 0 Å². The molecular weight excluding hydrogens is 408 g/mol. The quantitative estimate of drug-likeness (QED) is 0.460. The third-order valence-corrected chi connectivity index (χ3v) is 7.53. The molecule has 2 atom stereocenters. The van der Waals surface area contributed by atoms with Crippen LogP contribution in [0.25, 0.3) is 28.3 Å². The van der Waals surface area contributed by atoms with Gasteiger partial charge in [-0.1, -0.05) is 12.1 Å². The molecule has 0 radical (unpaired) electrons. The van der Waals surface area contributed by atoms with Gasteiger partial charge < -0.3 is 14.8 Å². The van der Waals surface area contributed by atoms with Crippen molar-refractivity contribution in [1.82, 2.24) is 19.4 Å². The molecule has 3 aliphatic heterocycles. The molecule has 5 heterocycles. The Bertz CT molecular complexity index is 1390. The van der Waals surface area contributed by atoms with Gasteiger partial charge in [0.25, 0.3) is 0 Å². The molecule has 2 saturated heterocycles. The summed E-state index contributed by atoms with van der Waals surface area (Å²) < 4.78 is 4.52. The lowest BCUT2D eigenvalue weighted by atomic mass is 10.0. The van der Waals surface area contributed by atoms with E-state index >= 15 is 0 Å². The van der Waals surface area contributed by atoms with E-state index in [1.54, 1.807) is 0 Å². The van der Waals surface area contributed by atoms with Crippen LogP contribution in [0.4, 0.5) is 5.69 Å². The van der Waals surface area contributed by atoms with E-state index in [1.165, 1.54) is 16.9 Å². The SMILES string of the molecule is N#Cc1ccc(-c2cc3n(c2)Cc2cc(N4CC5CNCC5C4)ccc2-n2ccnc2-3)cc1. The minimum atomic E-state index is 0.679. The maximum Gasteiger partial charge on any atom is 0.161 e. The third-order valence-electron chi connectivity index (χ3n) is 7.53. The zero-order valence-electron chi connectivity index (χ0n) is 18.3. The van der Waals surface area contributed by atoms with Gasteiger partial charge in [0.15, 0.2) is 5.82 Å². The van der Waals surface area contributed by atoms with Gasteiger partial charge in [0.05, 0.1) is 23.0 Å². The molecular formula is C27H24N6. The number of nitriles is 1. The Labute approximate surface area is 192 Å². The Morgan fingerprint density at radius 1 is 0.970 bits per heavy atom. The van der Waals surface area contributed by atoms with Gasteiger partial charge >= 0.3 is 0 Å². The largest absolute Gasteiger partial charge is 0.371 e. The van der Waals surface area contributed by atoms with Crippen LogP contribution in [0.5, 0.6) is 0 Å². The molecule has 0 aliphatic carbocycles. The fraction of sp³-hybridized carbons (Fsp3) is 0.259. The molecule has 2 unspecified atom stereocenters. The first-order valence-corrected chi connectivity index (χ1v) is 11.6. The highest BCUT2D eigenvalue weighted by atomic mass is 15.2. The Morgan fingerprint density at radius 2 is 1.79 bits per heavy atom. The van der Waals surface area contributed by atoms with Gasteiger partial charge in [0.1, 0.15) is 0 Å². The van der Waals surface area contributed by atoms with Gasteiger partial charge in [-0.3, -0.25) is 4.57 Å². The summed E-state index contributed by atoms with van der Waals surface area (Å²) in [5.41, 5.74) is 7.88. The van der Waals surface area contributed by atoms with E-state index in [0.29, 0.717) is 5.56 Å². The maximum absolute atomic E-state index is 9.12. The second kappa shape index (κ2) is 7.09. The number of nitrogens with one attached hydrogen (secondary N) is 1. The van der Waals surface area contributed by atoms with Crippen LogP contribution in [0.3, 0.4) is 0 Å². The van der Waals surface area contributed by atoms with E-state index in [0.717, 1.165) is 67.2 Å². The average Bonchev–Trinajstić information content (AvgIpc) is 3.62. The van der Waals surface area contributed by atoms with Gasteiger partial charge in [0.2, 0.25) is 0 Å². The highest BCUT2D eigenvalue weighted by molar-refractivity contribution is 5.72. The van der Waals surface area contributed by atoms with E-state index < -0.39 is 0 Å². The Kier molecular flexibility index (Phi) is 4.02. The topological polar surface area (TPSA) is 61.8 Å². The Morgan fingerprint density at radius 3 is 2.58 bits per heavy atom. The zero-order valence-corrected chi connectivity index (χ0v) is 18.3. The van der Waals surface area contributed by atoms with Gasteiger partial charge in [-0.15, -0.1) is 0 Å². The molecule has 6 nitrogen and oxygen atoms in total. The number of hydrogen-bond acceptors (Lipinski definition) is 4. The molecule has 3 aliphatic rings. The lowest BCUT2D eigenvalue weighted by Gasteiger charge is -2.22. The highest BCUT2D eigenvalue weighted by Crippen LogP contribution is 2.37. The van der Waals surface area contributed by atoms with Crippen molar-refractivity contribution in [3.63, 3.8) is 0 Å². The fourth-order valence-corrected chi connectivity index (χ4v) is 5.79. The molecule has 4 aromatic rings. The number of aromatic nitrogens is 3. The molecule has 33 heavy (non-hydrogen) atoms. The van der Waals surface area contributed by atoms with Crippen LogP contribution in [0.1, 0.15) is 11.1 Å². The number of imidazole rings is 1. The second-order valence-electron chi connectivity index (χ2n) is 9.45. The predicted molar refractivity (Wildman–Crippen MR) is 128 cm³/mol. The summed E-state index contributed by atoms with van der Waals surface area (Å²) in [7, 11) is 0. The third kappa shape index (κ3) is 2.93. The van der Waals surface area contributed by atoms with E-state index in [-0.39, 0.29) is 0 Å². The summed E-state index contributed by atoms with van der Waals surface area (Å²) in [6, 6.07) is 19.1. The van der Waals surface area contributed by atoms with Crippen molar-refractivity contribution in [1.29, 1.82) is 5.26 Å². The molecule has 0 spiro atoms. The number of nitrogens with zero attached hydrogens (tertiary/aromatic N) is 5. The molecule has 2 aromatic heterocycles. The van der Waals surface area contributed by atoms with Crippen LogP contribution in [0, 0.1) is 23.2 Å². The summed E-state index contributed by atoms with van der Waals surface area (Å²) in [6.45, 7) is 5.39. The number of fused-ring (bicyclic) bond motifs is 6. The van der Waals surface area contributed by atoms with Crippen LogP contribution in [-0.2, 0) is 6.54 Å². The molecule has 6 heteroatoms. The number of hydrogen-bond donors (Lipinski definition) is 1. The average molecular weight is 433 g/mol. The van der Waals surface area contributed by atoms with Gasteiger partial charge in [-0.2, -0.15) is 5.26 Å². The minimum absolute atomic E-state index is 0.679. The number of anilines is 1. The van der Waals surface area contributed by atoms with Crippen molar-refractivity contribution in [2.75, 3.05) is 31.1 Å². The van der Waals surface area contributed by atoms with Crippen molar-refractivity contribution in [2.24, 2.45) is 11.8 Å². The summed E-state index contributed by atoms with van der Waals surface area (Å²) in [5, 5.41) is 12.7. The van der Waals surface area contributed by atoms with Crippen LogP contribution < -0.4 is 10.2 Å². The van der Waals surface area contributed by atoms with Crippen molar-refractivity contribution in [2.45, 2.75) is 6.54 Å². The molecule has 0 amide bonds. The molecule has 0 bridgehead atoms. The lowest BCUT2D eigenvalue weighted by Crippen LogP contribution is -2.25. The minimum Gasteiger partial charge on any atom is -0.371 e. The molecule has 162 valence electrons. The molecule has 2 aromatic carbocycles. The van der Waals surface area contributed by atoms with Crippen molar-refractivity contribution >= 4 is 5.69 Å². The van der Waals surface area contributed by atoms with Gasteiger partial charge in [-0.25, -0.2) is 4.98 Å². The molecule has 1 N–H and O–H groups in total. The summed E-state index contributed by atoms with van der Waals surface area (Å²) in [5.74, 6) is 2.51. The number of rotatable bonds is 2. The van der Waals surface area contributed by atoms with Gasteiger partial charge in [-0.05, 0) is 59.4 Å². The molecule has 0 saturated carbocycles. The van der Waals surface area contributed by atoms with E-state index in [4.69, 9.17) is 10.2 Å². The van der Waals surface area contributed by atoms with Crippen LogP contribution in [-0.4, -0.2) is 40.3 Å². The fourth-order valence-electron chi connectivity index (χ4n) is 5.79. The smallest absolute Gasteiger partial charge is 0.161 e. The van der Waals surface area contributed by atoms with E-state index in [1.807, 2.05) is 30.5 Å². The van der Waals surface area contributed by atoms with E-state index in [2.05, 4.69) is 62.1 Å². The van der Waals surface area contributed by atoms with Crippen molar-refractivity contribution in [3.8, 4) is 34.4 Å². The standard InChI is InChI=1S/C27H24N6/c28-11-18-1-3-19(4-2-18)20-10-26-27-30-7-8-33(27)25-6-5-24(9-21(25)15-32(26)14-20)31-16-22-12-29-13-23(22)17-31/h1-10,14,22-23,29H,12-13,15-17H2. The van der Waals surface area contributed by atoms with Crippen LogP contribution in [0.15, 0.2) is 67.1 Å². The predicted octanol–water partition coefficient (Wildman–Crippen LogP) is 3.90. The number of benzene rings is 2. The summed E-state index contributed by atoms with van der Waals surface area (Å²) in [6.07, 6.45) is 6.15. The van der Waals surface area contributed by atoms with Gasteiger partial charge in [0, 0.05) is 62.6 Å². The highest BCUT2D eigenvalue weighted by Gasteiger charge is 2.36. The first kappa shape index (κ1) is 18.7. The van der Waals surface area contributed by atoms with Crippen LogP contribution >= 0.6 is 0 Å². The normalized spacial score (nSPS) is 20.5. The monoisotopic (exact) mass is 432 g/mol. The second-order valence-corrected chi connectivity index (χ2v) is 9.45. The van der Waals surface area contributed by atoms with Crippen molar-refractivity contribution in [3.05, 3.63) is 78.2 Å². The summed E-state index contributed by atoms with van der Waals surface area (Å²) >= 11 is 0. The lowest BCUT2D eigenvalue weighted by molar-refractivity contribution is 0.533. The first-order chi connectivity index (χ1) is 16.3. The maximum atomic E-state index is 9.12. The zero-order chi connectivity index (χ0) is 21.9. The summed E-state index contributed by atoms with van der Waals surface area (Å²) in [4.78, 5) is 7.28. The van der Waals surface area contributed by atoms with Crippen molar-refractivity contribution < 1.29 is 0 Å². The molecule has 7 rings (SSSR count).